The number of hydrogen-bond donors (Lipinski definition) is 2. The molecule has 0 bridgehead atoms. The first-order valence-electron chi connectivity index (χ1n) is 7.94. The maximum Gasteiger partial charge on any atom is 0.279 e. The molecule has 1 aliphatic rings. The molecule has 0 spiro atoms. The highest BCUT2D eigenvalue weighted by Crippen LogP contribution is 2.19. The number of nitrogens with one attached hydrogen (secondary N) is 2. The van der Waals surface area contributed by atoms with Crippen LogP contribution in [0.1, 0.15) is 52.9 Å². The first-order chi connectivity index (χ1) is 9.47. The minimum atomic E-state index is -3.32. The largest absolute Gasteiger partial charge is 0.315 e. The zero-order chi connectivity index (χ0) is 15.0. The van der Waals surface area contributed by atoms with Crippen molar-refractivity contribution in [3.8, 4) is 0 Å². The van der Waals surface area contributed by atoms with Crippen LogP contribution in [0.2, 0.25) is 0 Å². The Balaban J connectivity index is 2.49. The van der Waals surface area contributed by atoms with Gasteiger partial charge >= 0.3 is 0 Å². The second kappa shape index (κ2) is 8.97. The first kappa shape index (κ1) is 17.9. The molecule has 1 fully saturated rings. The minimum Gasteiger partial charge on any atom is -0.315 e. The van der Waals surface area contributed by atoms with E-state index in [4.69, 9.17) is 0 Å². The van der Waals surface area contributed by atoms with Gasteiger partial charge in [0.1, 0.15) is 0 Å². The predicted molar refractivity (Wildman–Crippen MR) is 83.9 cm³/mol. The average molecular weight is 305 g/mol. The van der Waals surface area contributed by atoms with Gasteiger partial charge in [0.25, 0.3) is 10.2 Å². The summed E-state index contributed by atoms with van der Waals surface area (Å²) < 4.78 is 29.2. The number of likely N-dealkylation sites (N-methyl/N-ethyl adjacent to an activating group) is 1. The van der Waals surface area contributed by atoms with E-state index >= 15 is 0 Å². The quantitative estimate of drug-likeness (QED) is 0.638. The summed E-state index contributed by atoms with van der Waals surface area (Å²) in [6, 6.07) is 0.103. The summed E-state index contributed by atoms with van der Waals surface area (Å²) in [7, 11) is -3.32. The molecule has 6 heteroatoms. The van der Waals surface area contributed by atoms with Crippen LogP contribution in [0.15, 0.2) is 0 Å². The molecule has 5 nitrogen and oxygen atoms in total. The van der Waals surface area contributed by atoms with Crippen LogP contribution in [0.3, 0.4) is 0 Å². The summed E-state index contributed by atoms with van der Waals surface area (Å²) in [5, 5.41) is 3.27. The molecule has 120 valence electrons. The van der Waals surface area contributed by atoms with Crippen molar-refractivity contribution in [1.29, 1.82) is 0 Å². The van der Waals surface area contributed by atoms with Gasteiger partial charge in [-0.15, -0.1) is 0 Å². The topological polar surface area (TPSA) is 61.4 Å². The predicted octanol–water partition coefficient (Wildman–Crippen LogP) is 1.72. The Hall–Kier alpha value is -0.170. The summed E-state index contributed by atoms with van der Waals surface area (Å²) in [5.74, 6) is 0.621. The van der Waals surface area contributed by atoms with Gasteiger partial charge in [0, 0.05) is 25.7 Å². The molecule has 1 atom stereocenters. The first-order valence-corrected chi connectivity index (χ1v) is 9.38. The smallest absolute Gasteiger partial charge is 0.279 e. The normalized spacial score (nSPS) is 21.5. The summed E-state index contributed by atoms with van der Waals surface area (Å²) in [4.78, 5) is 0. The molecule has 20 heavy (non-hydrogen) atoms. The maximum atomic E-state index is 12.4. The van der Waals surface area contributed by atoms with Gasteiger partial charge in [0.2, 0.25) is 0 Å². The summed E-state index contributed by atoms with van der Waals surface area (Å²) in [5.41, 5.74) is 0. The van der Waals surface area contributed by atoms with Crippen molar-refractivity contribution in [2.45, 2.75) is 58.9 Å². The van der Waals surface area contributed by atoms with Gasteiger partial charge in [-0.1, -0.05) is 27.2 Å². The molecule has 1 heterocycles. The SMILES string of the molecule is CCNCC1CCCCN1S(=O)(=O)NCCCC(C)C. The molecular formula is C14H31N3O2S. The van der Waals surface area contributed by atoms with Crippen LogP contribution in [-0.4, -0.2) is 44.9 Å². The molecule has 1 rings (SSSR count). The molecule has 0 radical (unpaired) electrons. The fourth-order valence-electron chi connectivity index (χ4n) is 2.60. The highest BCUT2D eigenvalue weighted by Gasteiger charge is 2.31. The fourth-order valence-corrected chi connectivity index (χ4v) is 4.11. The van der Waals surface area contributed by atoms with Gasteiger partial charge in [-0.2, -0.15) is 12.7 Å². The van der Waals surface area contributed by atoms with Crippen LogP contribution in [-0.2, 0) is 10.2 Å². The van der Waals surface area contributed by atoms with Gasteiger partial charge in [-0.05, 0) is 38.1 Å². The molecule has 0 saturated carbocycles. The molecule has 0 aromatic rings. The zero-order valence-electron chi connectivity index (χ0n) is 13.2. The van der Waals surface area contributed by atoms with Crippen LogP contribution in [0, 0.1) is 5.92 Å². The Morgan fingerprint density at radius 1 is 1.30 bits per heavy atom. The summed E-state index contributed by atoms with van der Waals surface area (Å²) in [6.45, 7) is 9.19. The Morgan fingerprint density at radius 2 is 2.05 bits per heavy atom. The van der Waals surface area contributed by atoms with E-state index in [1.165, 1.54) is 0 Å². The number of hydrogen-bond acceptors (Lipinski definition) is 3. The zero-order valence-corrected chi connectivity index (χ0v) is 14.0. The minimum absolute atomic E-state index is 0.103. The second-order valence-electron chi connectivity index (χ2n) is 6.00. The van der Waals surface area contributed by atoms with Crippen LogP contribution in [0.5, 0.6) is 0 Å². The van der Waals surface area contributed by atoms with E-state index in [2.05, 4.69) is 23.9 Å². The molecular weight excluding hydrogens is 274 g/mol. The van der Waals surface area contributed by atoms with Crippen LogP contribution in [0.25, 0.3) is 0 Å². The Kier molecular flexibility index (Phi) is 8.02. The van der Waals surface area contributed by atoms with Gasteiger partial charge in [0.15, 0.2) is 0 Å². The monoisotopic (exact) mass is 305 g/mol. The Labute approximate surface area is 124 Å². The number of piperidine rings is 1. The Bertz CT molecular complexity index is 357. The van der Waals surface area contributed by atoms with E-state index in [0.717, 1.165) is 45.2 Å². The molecule has 0 aromatic heterocycles. The number of rotatable bonds is 9. The van der Waals surface area contributed by atoms with Crippen LogP contribution < -0.4 is 10.0 Å². The fraction of sp³-hybridized carbons (Fsp3) is 1.00. The molecule has 1 aliphatic heterocycles. The van der Waals surface area contributed by atoms with Gasteiger partial charge in [-0.3, -0.25) is 0 Å². The van der Waals surface area contributed by atoms with E-state index in [1.807, 2.05) is 6.92 Å². The van der Waals surface area contributed by atoms with Crippen LogP contribution >= 0.6 is 0 Å². The summed E-state index contributed by atoms with van der Waals surface area (Å²) >= 11 is 0. The van der Waals surface area contributed by atoms with Crippen molar-refractivity contribution in [3.63, 3.8) is 0 Å². The molecule has 1 unspecified atom stereocenters. The van der Waals surface area contributed by atoms with Crippen molar-refractivity contribution in [2.75, 3.05) is 26.2 Å². The summed E-state index contributed by atoms with van der Waals surface area (Å²) in [6.07, 6.45) is 5.01. The van der Waals surface area contributed by atoms with Gasteiger partial charge in [-0.25, -0.2) is 4.72 Å². The second-order valence-corrected chi connectivity index (χ2v) is 7.71. The van der Waals surface area contributed by atoms with E-state index in [0.29, 0.717) is 19.0 Å². The van der Waals surface area contributed by atoms with Crippen molar-refractivity contribution in [3.05, 3.63) is 0 Å². The lowest BCUT2D eigenvalue weighted by Gasteiger charge is -2.34. The highest BCUT2D eigenvalue weighted by atomic mass is 32.2. The van der Waals surface area contributed by atoms with E-state index in [9.17, 15) is 8.42 Å². The lowest BCUT2D eigenvalue weighted by molar-refractivity contribution is 0.243. The standard InChI is InChI=1S/C14H31N3O2S/c1-4-15-12-14-9-5-6-11-17(14)20(18,19)16-10-7-8-13(2)3/h13-16H,4-12H2,1-3H3. The molecule has 0 aromatic carbocycles. The van der Waals surface area contributed by atoms with Crippen molar-refractivity contribution >= 4 is 10.2 Å². The van der Waals surface area contributed by atoms with E-state index < -0.39 is 10.2 Å². The van der Waals surface area contributed by atoms with Gasteiger partial charge < -0.3 is 5.32 Å². The molecule has 1 saturated heterocycles. The van der Waals surface area contributed by atoms with Crippen molar-refractivity contribution < 1.29 is 8.42 Å². The molecule has 0 amide bonds. The third-order valence-corrected chi connectivity index (χ3v) is 5.42. The third kappa shape index (κ3) is 6.08. The van der Waals surface area contributed by atoms with Crippen molar-refractivity contribution in [1.82, 2.24) is 14.3 Å². The Morgan fingerprint density at radius 3 is 2.70 bits per heavy atom. The van der Waals surface area contributed by atoms with Crippen LogP contribution in [0.4, 0.5) is 0 Å². The number of nitrogens with zero attached hydrogens (tertiary/aromatic N) is 1. The van der Waals surface area contributed by atoms with Crippen molar-refractivity contribution in [2.24, 2.45) is 5.92 Å². The highest BCUT2D eigenvalue weighted by molar-refractivity contribution is 7.87. The molecule has 2 N–H and O–H groups in total. The maximum absolute atomic E-state index is 12.4. The van der Waals surface area contributed by atoms with E-state index in [-0.39, 0.29) is 6.04 Å². The lowest BCUT2D eigenvalue weighted by Crippen LogP contribution is -2.52. The lowest BCUT2D eigenvalue weighted by atomic mass is 10.1. The third-order valence-electron chi connectivity index (χ3n) is 3.75. The van der Waals surface area contributed by atoms with Gasteiger partial charge in [0.05, 0.1) is 0 Å². The average Bonchev–Trinajstić information content (AvgIpc) is 2.41. The molecule has 0 aliphatic carbocycles. The van der Waals surface area contributed by atoms with E-state index in [1.54, 1.807) is 4.31 Å².